The van der Waals surface area contributed by atoms with E-state index in [-0.39, 0.29) is 28.3 Å². The predicted octanol–water partition coefficient (Wildman–Crippen LogP) is 8.55. The molecule has 1 aromatic carbocycles. The molecule has 0 aromatic heterocycles. The Bertz CT molecular complexity index is 956. The van der Waals surface area contributed by atoms with Crippen molar-refractivity contribution in [2.24, 2.45) is 5.92 Å². The van der Waals surface area contributed by atoms with Crippen LogP contribution in [-0.2, 0) is 20.0 Å². The number of esters is 1. The summed E-state index contributed by atoms with van der Waals surface area (Å²) in [6, 6.07) is 5.75. The average Bonchev–Trinajstić information content (AvgIpc) is 2.78. The van der Waals surface area contributed by atoms with Gasteiger partial charge in [0.05, 0.1) is 13.2 Å². The van der Waals surface area contributed by atoms with Crippen molar-refractivity contribution in [1.29, 1.82) is 0 Å². The molecule has 0 fully saturated rings. The molecular weight excluding hydrogens is 509 g/mol. The number of rotatable bonds is 7. The maximum atomic E-state index is 13.7. The topological polar surface area (TPSA) is 54.0 Å². The van der Waals surface area contributed by atoms with E-state index in [1.165, 1.54) is 0 Å². The Balaban J connectivity index is 2.43. The second-order valence-electron chi connectivity index (χ2n) is 14.0. The van der Waals surface area contributed by atoms with Crippen molar-refractivity contribution < 1.29 is 23.1 Å². The van der Waals surface area contributed by atoms with Crippen LogP contribution >= 0.6 is 0 Å². The minimum Gasteiger partial charge on any atom is -0.496 e. The third kappa shape index (κ3) is 8.54. The number of benzene rings is 1. The second kappa shape index (κ2) is 12.8. The Kier molecular flexibility index (Phi) is 11.1. The van der Waals surface area contributed by atoms with Crippen molar-refractivity contribution in [1.82, 2.24) is 0 Å². The molecule has 0 radical (unpaired) electrons. The molecule has 38 heavy (non-hydrogen) atoms. The molecule has 0 spiro atoms. The zero-order chi connectivity index (χ0) is 28.9. The van der Waals surface area contributed by atoms with Crippen molar-refractivity contribution >= 4 is 22.6 Å². The van der Waals surface area contributed by atoms with Crippen LogP contribution in [0.2, 0.25) is 36.3 Å². The van der Waals surface area contributed by atoms with Crippen LogP contribution in [0.5, 0.6) is 5.75 Å². The Morgan fingerprint density at radius 3 is 2.18 bits per heavy atom. The van der Waals surface area contributed by atoms with Gasteiger partial charge in [-0.05, 0) is 66.7 Å². The molecule has 0 N–H and O–H groups in total. The number of ether oxygens (including phenoxy) is 2. The van der Waals surface area contributed by atoms with Crippen molar-refractivity contribution in [3.8, 4) is 5.75 Å². The third-order valence-electron chi connectivity index (χ3n) is 8.91. The first-order valence-electron chi connectivity index (χ1n) is 14.2. The van der Waals surface area contributed by atoms with Gasteiger partial charge in [0.1, 0.15) is 17.4 Å². The molecule has 7 heteroatoms. The molecular formula is C31H54O5Si2. The van der Waals surface area contributed by atoms with E-state index in [4.69, 9.17) is 18.3 Å². The van der Waals surface area contributed by atoms with Gasteiger partial charge in [-0.25, -0.2) is 4.79 Å². The summed E-state index contributed by atoms with van der Waals surface area (Å²) >= 11 is 0. The van der Waals surface area contributed by atoms with E-state index in [0.717, 1.165) is 12.0 Å². The fraction of sp³-hybridized carbons (Fsp3) is 0.710. The first kappa shape index (κ1) is 32.8. The van der Waals surface area contributed by atoms with Crippen LogP contribution in [0.15, 0.2) is 30.4 Å². The number of fused-ring (bicyclic) bond motifs is 1. The van der Waals surface area contributed by atoms with E-state index in [0.29, 0.717) is 43.1 Å². The monoisotopic (exact) mass is 562 g/mol. The molecule has 1 aromatic rings. The number of carbonyl (C=O) groups excluding carboxylic acids is 1. The summed E-state index contributed by atoms with van der Waals surface area (Å²) in [5, 5.41) is 0.216. The first-order valence-corrected chi connectivity index (χ1v) is 20.0. The second-order valence-corrected chi connectivity index (χ2v) is 23.5. The molecule has 0 bridgehead atoms. The Hall–Kier alpha value is -1.42. The summed E-state index contributed by atoms with van der Waals surface area (Å²) in [6.07, 6.45) is 6.92. The molecule has 1 aliphatic rings. The van der Waals surface area contributed by atoms with E-state index in [2.05, 4.69) is 86.8 Å². The lowest BCUT2D eigenvalue weighted by atomic mass is 9.94. The van der Waals surface area contributed by atoms with Crippen molar-refractivity contribution in [3.05, 3.63) is 41.5 Å². The fourth-order valence-corrected chi connectivity index (χ4v) is 6.63. The van der Waals surface area contributed by atoms with Crippen LogP contribution in [0.4, 0.5) is 0 Å². The zero-order valence-corrected chi connectivity index (χ0v) is 28.2. The van der Waals surface area contributed by atoms with Crippen molar-refractivity contribution in [2.45, 2.75) is 123 Å². The standard InChI is InChI=1S/C31H54O5Si2/c1-23-16-13-14-17-24-18-15-19-26(33-8)28(24)29(32)35-25(20-21-34-37(9,10)30(2,3)4)22-27(23)36-38(11,12)31(5,6)7/h13-15,18-19,23,25,27H,16-17,20-22H2,1-12H3/b14-13+/t23-,25+,27+/m1/s1. The summed E-state index contributed by atoms with van der Waals surface area (Å²) in [5.41, 5.74) is 1.44. The van der Waals surface area contributed by atoms with Crippen LogP contribution in [0.3, 0.4) is 0 Å². The maximum Gasteiger partial charge on any atom is 0.342 e. The minimum absolute atomic E-state index is 0.0113. The van der Waals surface area contributed by atoms with Gasteiger partial charge in [0.25, 0.3) is 0 Å². The number of hydrogen-bond donors (Lipinski definition) is 0. The highest BCUT2D eigenvalue weighted by Crippen LogP contribution is 2.40. The minimum atomic E-state index is -2.04. The number of methoxy groups -OCH3 is 1. The highest BCUT2D eigenvalue weighted by molar-refractivity contribution is 6.74. The van der Waals surface area contributed by atoms with Gasteiger partial charge < -0.3 is 18.3 Å². The van der Waals surface area contributed by atoms with E-state index in [1.807, 2.05) is 18.2 Å². The van der Waals surface area contributed by atoms with Gasteiger partial charge in [0.15, 0.2) is 16.6 Å². The summed E-state index contributed by atoms with van der Waals surface area (Å²) in [6.45, 7) is 25.5. The number of allylic oxidation sites excluding steroid dienone is 2. The van der Waals surface area contributed by atoms with E-state index >= 15 is 0 Å². The van der Waals surface area contributed by atoms with Crippen LogP contribution in [0.25, 0.3) is 0 Å². The third-order valence-corrected chi connectivity index (χ3v) is 18.0. The van der Waals surface area contributed by atoms with Crippen LogP contribution in [0, 0.1) is 5.92 Å². The lowest BCUT2D eigenvalue weighted by Crippen LogP contribution is -2.46. The Morgan fingerprint density at radius 1 is 0.974 bits per heavy atom. The molecule has 216 valence electrons. The Labute approximate surface area is 234 Å². The van der Waals surface area contributed by atoms with E-state index in [9.17, 15) is 4.79 Å². The largest absolute Gasteiger partial charge is 0.496 e. The molecule has 0 amide bonds. The maximum absolute atomic E-state index is 13.7. The molecule has 3 atom stereocenters. The molecule has 1 aliphatic heterocycles. The molecule has 2 rings (SSSR count). The number of carbonyl (C=O) groups is 1. The van der Waals surface area contributed by atoms with Gasteiger partial charge in [-0.1, -0.05) is 72.8 Å². The van der Waals surface area contributed by atoms with E-state index in [1.54, 1.807) is 7.11 Å². The van der Waals surface area contributed by atoms with Gasteiger partial charge in [0.2, 0.25) is 0 Å². The summed E-state index contributed by atoms with van der Waals surface area (Å²) in [7, 11) is -2.36. The molecule has 0 unspecified atom stereocenters. The van der Waals surface area contributed by atoms with Gasteiger partial charge in [-0.3, -0.25) is 0 Å². The fourth-order valence-electron chi connectivity index (χ4n) is 4.13. The van der Waals surface area contributed by atoms with E-state index < -0.39 is 16.6 Å². The highest BCUT2D eigenvalue weighted by atomic mass is 28.4. The summed E-state index contributed by atoms with van der Waals surface area (Å²) in [5.74, 6) is 0.520. The van der Waals surface area contributed by atoms with Crippen molar-refractivity contribution in [2.75, 3.05) is 13.7 Å². The molecule has 1 heterocycles. The highest BCUT2D eigenvalue weighted by Gasteiger charge is 2.41. The van der Waals surface area contributed by atoms with Gasteiger partial charge in [0, 0.05) is 19.4 Å². The lowest BCUT2D eigenvalue weighted by molar-refractivity contribution is 0.00198. The zero-order valence-electron chi connectivity index (χ0n) is 26.2. The number of cyclic esters (lactones) is 1. The predicted molar refractivity (Wildman–Crippen MR) is 163 cm³/mol. The number of hydrogen-bond acceptors (Lipinski definition) is 5. The van der Waals surface area contributed by atoms with Gasteiger partial charge in [-0.2, -0.15) is 0 Å². The molecule has 0 aliphatic carbocycles. The normalized spacial score (nSPS) is 23.1. The van der Waals surface area contributed by atoms with Crippen molar-refractivity contribution in [3.63, 3.8) is 0 Å². The molecule has 0 saturated carbocycles. The Morgan fingerprint density at radius 2 is 1.61 bits per heavy atom. The summed E-state index contributed by atoms with van der Waals surface area (Å²) in [4.78, 5) is 13.7. The average molecular weight is 563 g/mol. The quantitative estimate of drug-likeness (QED) is 0.189. The van der Waals surface area contributed by atoms with Crippen LogP contribution in [-0.4, -0.2) is 48.5 Å². The van der Waals surface area contributed by atoms with Gasteiger partial charge >= 0.3 is 5.97 Å². The molecule has 5 nitrogen and oxygen atoms in total. The van der Waals surface area contributed by atoms with Crippen LogP contribution < -0.4 is 4.74 Å². The summed E-state index contributed by atoms with van der Waals surface area (Å²) < 4.78 is 25.4. The smallest absolute Gasteiger partial charge is 0.342 e. The van der Waals surface area contributed by atoms with Crippen LogP contribution in [0.1, 0.15) is 83.7 Å². The lowest BCUT2D eigenvalue weighted by Gasteiger charge is -2.42. The SMILES string of the molecule is COc1cccc2c1C(=O)O[C@@H](CCO[Si](C)(C)C(C)(C)C)C[C@H](O[Si](C)(C)C(C)(C)C)[C@H](C)C/C=C/C2. The first-order chi connectivity index (χ1) is 17.4. The van der Waals surface area contributed by atoms with Gasteiger partial charge in [-0.15, -0.1) is 0 Å². The molecule has 0 saturated heterocycles.